The van der Waals surface area contributed by atoms with E-state index in [4.69, 9.17) is 0 Å². The Morgan fingerprint density at radius 2 is 2.04 bits per heavy atom. The van der Waals surface area contributed by atoms with Crippen molar-refractivity contribution < 1.29 is 10.2 Å². The first-order valence-electron chi connectivity index (χ1n) is 8.62. The Morgan fingerprint density at radius 1 is 1.29 bits per heavy atom. The monoisotopic (exact) mass is 329 g/mol. The van der Waals surface area contributed by atoms with Gasteiger partial charge in [-0.05, 0) is 50.4 Å². The van der Waals surface area contributed by atoms with Crippen molar-refractivity contribution in [2.45, 2.75) is 39.3 Å². The van der Waals surface area contributed by atoms with Crippen molar-refractivity contribution in [1.29, 1.82) is 0 Å². The van der Waals surface area contributed by atoms with Crippen LogP contribution in [0, 0.1) is 19.8 Å². The molecule has 3 rings (SSSR count). The molecule has 1 fully saturated rings. The molecule has 1 aromatic carbocycles. The Hall–Kier alpha value is -1.85. The summed E-state index contributed by atoms with van der Waals surface area (Å²) in [6, 6.07) is 3.91. The number of rotatable bonds is 4. The molecule has 0 saturated carbocycles. The van der Waals surface area contributed by atoms with E-state index in [1.54, 1.807) is 6.20 Å². The van der Waals surface area contributed by atoms with Crippen LogP contribution >= 0.6 is 0 Å². The van der Waals surface area contributed by atoms with Gasteiger partial charge < -0.3 is 14.8 Å². The average molecular weight is 329 g/mol. The van der Waals surface area contributed by atoms with E-state index in [0.717, 1.165) is 49.4 Å². The predicted molar refractivity (Wildman–Crippen MR) is 93.7 cm³/mol. The molecular formula is C19H27N3O2. The van der Waals surface area contributed by atoms with Gasteiger partial charge >= 0.3 is 0 Å². The van der Waals surface area contributed by atoms with E-state index >= 15 is 0 Å². The smallest absolute Gasteiger partial charge is 0.137 e. The van der Waals surface area contributed by atoms with Crippen molar-refractivity contribution in [3.05, 3.63) is 47.0 Å². The van der Waals surface area contributed by atoms with Gasteiger partial charge in [-0.1, -0.05) is 6.07 Å². The molecule has 2 N–H and O–H groups in total. The molecule has 0 aliphatic carbocycles. The molecule has 2 aromatic rings. The van der Waals surface area contributed by atoms with Crippen molar-refractivity contribution in [1.82, 2.24) is 14.5 Å². The van der Waals surface area contributed by atoms with E-state index in [-0.39, 0.29) is 5.92 Å². The second-order valence-electron chi connectivity index (χ2n) is 7.04. The Kier molecular flexibility index (Phi) is 4.92. The Morgan fingerprint density at radius 3 is 2.75 bits per heavy atom. The SMILES string of the molecule is Cc1cc(O)c(CN2CCCC(C(O)c3nccn3C)C2)cc1C. The molecule has 130 valence electrons. The second-order valence-corrected chi connectivity index (χ2v) is 7.04. The van der Waals surface area contributed by atoms with E-state index < -0.39 is 6.10 Å². The average Bonchev–Trinajstić information content (AvgIpc) is 2.98. The molecule has 5 nitrogen and oxygen atoms in total. The van der Waals surface area contributed by atoms with Gasteiger partial charge in [0.15, 0.2) is 0 Å². The number of hydrogen-bond acceptors (Lipinski definition) is 4. The molecule has 0 bridgehead atoms. The van der Waals surface area contributed by atoms with Crippen LogP contribution in [0.25, 0.3) is 0 Å². The van der Waals surface area contributed by atoms with Gasteiger partial charge in [0.25, 0.3) is 0 Å². The molecule has 0 spiro atoms. The number of imidazole rings is 1. The molecule has 1 saturated heterocycles. The highest BCUT2D eigenvalue weighted by molar-refractivity contribution is 5.40. The molecule has 2 atom stereocenters. The molecule has 5 heteroatoms. The summed E-state index contributed by atoms with van der Waals surface area (Å²) in [6.45, 7) is 6.62. The fourth-order valence-electron chi connectivity index (χ4n) is 3.59. The zero-order valence-corrected chi connectivity index (χ0v) is 14.7. The van der Waals surface area contributed by atoms with Gasteiger partial charge in [-0.15, -0.1) is 0 Å². The van der Waals surface area contributed by atoms with Crippen molar-refractivity contribution >= 4 is 0 Å². The minimum Gasteiger partial charge on any atom is -0.508 e. The standard InChI is InChI=1S/C19H27N3O2/c1-13-9-16(17(23)10-14(13)2)12-22-7-4-5-15(11-22)18(24)19-20-6-8-21(19)3/h6,8-10,15,18,23-24H,4-5,7,11-12H2,1-3H3. The van der Waals surface area contributed by atoms with Crippen LogP contribution in [0.1, 0.15) is 41.5 Å². The summed E-state index contributed by atoms with van der Waals surface area (Å²) >= 11 is 0. The lowest BCUT2D eigenvalue weighted by Gasteiger charge is -2.35. The zero-order chi connectivity index (χ0) is 17.3. The number of aromatic nitrogens is 2. The fraction of sp³-hybridized carbons (Fsp3) is 0.526. The lowest BCUT2D eigenvalue weighted by atomic mass is 9.91. The number of phenolic OH excluding ortho intramolecular Hbond substituents is 1. The predicted octanol–water partition coefficient (Wildman–Crippen LogP) is 2.69. The first-order valence-corrected chi connectivity index (χ1v) is 8.62. The van der Waals surface area contributed by atoms with Crippen LogP contribution in [0.3, 0.4) is 0 Å². The summed E-state index contributed by atoms with van der Waals surface area (Å²) < 4.78 is 1.89. The normalized spacial score (nSPS) is 20.2. The van der Waals surface area contributed by atoms with Crippen LogP contribution in [0.15, 0.2) is 24.5 Å². The van der Waals surface area contributed by atoms with Gasteiger partial charge in [0.2, 0.25) is 0 Å². The van der Waals surface area contributed by atoms with Crippen LogP contribution in [0.2, 0.25) is 0 Å². The Bertz CT molecular complexity index is 711. The van der Waals surface area contributed by atoms with Gasteiger partial charge in [0.1, 0.15) is 17.7 Å². The number of likely N-dealkylation sites (tertiary alicyclic amines) is 1. The molecule has 2 heterocycles. The van der Waals surface area contributed by atoms with Crippen LogP contribution in [0.5, 0.6) is 5.75 Å². The van der Waals surface area contributed by atoms with Crippen molar-refractivity contribution in [2.24, 2.45) is 13.0 Å². The number of aryl methyl sites for hydroxylation is 3. The van der Waals surface area contributed by atoms with E-state index in [9.17, 15) is 10.2 Å². The van der Waals surface area contributed by atoms with E-state index in [1.807, 2.05) is 30.8 Å². The molecule has 2 unspecified atom stereocenters. The summed E-state index contributed by atoms with van der Waals surface area (Å²) in [6.07, 6.45) is 5.11. The molecule has 1 aliphatic heterocycles. The summed E-state index contributed by atoms with van der Waals surface area (Å²) in [4.78, 5) is 6.61. The maximum Gasteiger partial charge on any atom is 0.137 e. The van der Waals surface area contributed by atoms with Gasteiger partial charge in [-0.25, -0.2) is 4.98 Å². The zero-order valence-electron chi connectivity index (χ0n) is 14.7. The van der Waals surface area contributed by atoms with Crippen LogP contribution in [0.4, 0.5) is 0 Å². The second kappa shape index (κ2) is 6.95. The number of piperidine rings is 1. The van der Waals surface area contributed by atoms with Gasteiger partial charge in [0.05, 0.1) is 0 Å². The fourth-order valence-corrected chi connectivity index (χ4v) is 3.59. The number of phenols is 1. The van der Waals surface area contributed by atoms with Gasteiger partial charge in [0, 0.05) is 44.0 Å². The highest BCUT2D eigenvalue weighted by Gasteiger charge is 2.29. The number of nitrogens with zero attached hydrogens (tertiary/aromatic N) is 3. The number of aromatic hydroxyl groups is 1. The van der Waals surface area contributed by atoms with Crippen LogP contribution in [-0.4, -0.2) is 37.8 Å². The van der Waals surface area contributed by atoms with Gasteiger partial charge in [-0.2, -0.15) is 0 Å². The van der Waals surface area contributed by atoms with Gasteiger partial charge in [-0.3, -0.25) is 4.90 Å². The summed E-state index contributed by atoms with van der Waals surface area (Å²) in [7, 11) is 1.92. The highest BCUT2D eigenvalue weighted by atomic mass is 16.3. The van der Waals surface area contributed by atoms with Crippen molar-refractivity contribution in [2.75, 3.05) is 13.1 Å². The third-order valence-corrected chi connectivity index (χ3v) is 5.20. The number of hydrogen-bond donors (Lipinski definition) is 2. The van der Waals surface area contributed by atoms with E-state index in [0.29, 0.717) is 5.75 Å². The van der Waals surface area contributed by atoms with Crippen LogP contribution < -0.4 is 0 Å². The van der Waals surface area contributed by atoms with E-state index in [2.05, 4.69) is 22.9 Å². The molecule has 1 aromatic heterocycles. The maximum absolute atomic E-state index is 10.7. The third-order valence-electron chi connectivity index (χ3n) is 5.20. The Labute approximate surface area is 143 Å². The molecular weight excluding hydrogens is 302 g/mol. The van der Waals surface area contributed by atoms with Crippen LogP contribution in [-0.2, 0) is 13.6 Å². The number of benzene rings is 1. The minimum absolute atomic E-state index is 0.175. The summed E-state index contributed by atoms with van der Waals surface area (Å²) in [5.74, 6) is 1.27. The number of aliphatic hydroxyl groups is 1. The third kappa shape index (κ3) is 3.47. The topological polar surface area (TPSA) is 61.5 Å². The molecule has 0 radical (unpaired) electrons. The molecule has 1 aliphatic rings. The first-order chi connectivity index (χ1) is 11.5. The lowest BCUT2D eigenvalue weighted by Crippen LogP contribution is -2.37. The summed E-state index contributed by atoms with van der Waals surface area (Å²) in [5.41, 5.74) is 3.27. The lowest BCUT2D eigenvalue weighted by molar-refractivity contribution is 0.0403. The highest BCUT2D eigenvalue weighted by Crippen LogP contribution is 2.31. The first kappa shape index (κ1) is 17.0. The molecule has 0 amide bonds. The van der Waals surface area contributed by atoms with E-state index in [1.165, 1.54) is 5.56 Å². The van der Waals surface area contributed by atoms with Crippen molar-refractivity contribution in [3.8, 4) is 5.75 Å². The quantitative estimate of drug-likeness (QED) is 0.905. The largest absolute Gasteiger partial charge is 0.508 e. The van der Waals surface area contributed by atoms with Crippen molar-refractivity contribution in [3.63, 3.8) is 0 Å². The molecule has 24 heavy (non-hydrogen) atoms. The summed E-state index contributed by atoms with van der Waals surface area (Å²) in [5, 5.41) is 20.9. The number of aliphatic hydroxyl groups excluding tert-OH is 1. The minimum atomic E-state index is -0.541. The maximum atomic E-state index is 10.7. The Balaban J connectivity index is 1.70.